The van der Waals surface area contributed by atoms with Gasteiger partial charge in [0.15, 0.2) is 0 Å². The SMILES string of the molecule is O=C(c1ccc[nH]c1=O)N1CCO[C@@H](CN2CCCC2)[C@@H]1c1ccccc1. The van der Waals surface area contributed by atoms with Gasteiger partial charge in [0.25, 0.3) is 11.5 Å². The van der Waals surface area contributed by atoms with Crippen molar-refractivity contribution in [2.24, 2.45) is 0 Å². The maximum Gasteiger partial charge on any atom is 0.260 e. The molecule has 4 rings (SSSR count). The summed E-state index contributed by atoms with van der Waals surface area (Å²) < 4.78 is 6.13. The number of benzene rings is 1. The van der Waals surface area contributed by atoms with Crippen LogP contribution in [0.5, 0.6) is 0 Å². The Morgan fingerprint density at radius 1 is 1.07 bits per heavy atom. The second-order valence-electron chi connectivity index (χ2n) is 7.18. The largest absolute Gasteiger partial charge is 0.373 e. The Labute approximate surface area is 158 Å². The highest BCUT2D eigenvalue weighted by Gasteiger charge is 2.38. The molecular weight excluding hydrogens is 342 g/mol. The average Bonchev–Trinajstić information content (AvgIpc) is 3.21. The number of carbonyl (C=O) groups excluding carboxylic acids is 1. The van der Waals surface area contributed by atoms with E-state index in [0.29, 0.717) is 13.2 Å². The third-order valence-corrected chi connectivity index (χ3v) is 5.44. The highest BCUT2D eigenvalue weighted by molar-refractivity contribution is 5.94. The van der Waals surface area contributed by atoms with Gasteiger partial charge in [0, 0.05) is 19.3 Å². The number of nitrogens with zero attached hydrogens (tertiary/aromatic N) is 2. The number of rotatable bonds is 4. The van der Waals surface area contributed by atoms with E-state index in [1.165, 1.54) is 12.8 Å². The number of hydrogen-bond donors (Lipinski definition) is 1. The van der Waals surface area contributed by atoms with E-state index in [-0.39, 0.29) is 29.2 Å². The van der Waals surface area contributed by atoms with E-state index in [1.807, 2.05) is 35.2 Å². The van der Waals surface area contributed by atoms with E-state index in [0.717, 1.165) is 25.2 Å². The Bertz CT molecular complexity index is 830. The maximum atomic E-state index is 13.2. The molecule has 2 aromatic rings. The molecule has 3 heterocycles. The van der Waals surface area contributed by atoms with Crippen molar-refractivity contribution in [3.8, 4) is 0 Å². The first-order valence-corrected chi connectivity index (χ1v) is 9.61. The van der Waals surface area contributed by atoms with Crippen molar-refractivity contribution in [1.29, 1.82) is 0 Å². The number of nitrogens with one attached hydrogen (secondary N) is 1. The number of H-pyrrole nitrogens is 1. The molecule has 0 unspecified atom stereocenters. The molecule has 0 saturated carbocycles. The number of pyridine rings is 1. The second-order valence-corrected chi connectivity index (χ2v) is 7.18. The third kappa shape index (κ3) is 3.82. The minimum atomic E-state index is -0.350. The number of aromatic amines is 1. The quantitative estimate of drug-likeness (QED) is 0.898. The summed E-state index contributed by atoms with van der Waals surface area (Å²) in [5.74, 6) is -0.236. The topological polar surface area (TPSA) is 65.6 Å². The van der Waals surface area contributed by atoms with Crippen molar-refractivity contribution in [2.45, 2.75) is 25.0 Å². The lowest BCUT2D eigenvalue weighted by atomic mass is 9.96. The van der Waals surface area contributed by atoms with Crippen LogP contribution in [0.2, 0.25) is 0 Å². The van der Waals surface area contributed by atoms with Crippen molar-refractivity contribution in [3.63, 3.8) is 0 Å². The lowest BCUT2D eigenvalue weighted by Crippen LogP contribution is -2.52. The van der Waals surface area contributed by atoms with Crippen LogP contribution < -0.4 is 5.56 Å². The molecule has 0 bridgehead atoms. The van der Waals surface area contributed by atoms with Gasteiger partial charge in [-0.1, -0.05) is 30.3 Å². The van der Waals surface area contributed by atoms with E-state index >= 15 is 0 Å². The molecule has 2 fully saturated rings. The predicted molar refractivity (Wildman–Crippen MR) is 103 cm³/mol. The van der Waals surface area contributed by atoms with Gasteiger partial charge in [-0.2, -0.15) is 0 Å². The van der Waals surface area contributed by atoms with E-state index in [9.17, 15) is 9.59 Å². The summed E-state index contributed by atoms with van der Waals surface area (Å²) in [6.07, 6.45) is 3.87. The van der Waals surface area contributed by atoms with Crippen LogP contribution in [0.3, 0.4) is 0 Å². The van der Waals surface area contributed by atoms with Gasteiger partial charge in [0.2, 0.25) is 0 Å². The number of morpholine rings is 1. The van der Waals surface area contributed by atoms with Crippen LogP contribution in [0.1, 0.15) is 34.8 Å². The predicted octanol–water partition coefficient (Wildman–Crippen LogP) is 2.05. The van der Waals surface area contributed by atoms with Gasteiger partial charge in [-0.15, -0.1) is 0 Å². The summed E-state index contributed by atoms with van der Waals surface area (Å²) in [5, 5.41) is 0. The van der Waals surface area contributed by atoms with Crippen molar-refractivity contribution < 1.29 is 9.53 Å². The number of likely N-dealkylation sites (tertiary alicyclic amines) is 1. The smallest absolute Gasteiger partial charge is 0.260 e. The lowest BCUT2D eigenvalue weighted by molar-refractivity contribution is -0.0707. The fourth-order valence-corrected chi connectivity index (χ4v) is 4.12. The fraction of sp³-hybridized carbons (Fsp3) is 0.429. The first-order chi connectivity index (χ1) is 13.2. The Morgan fingerprint density at radius 2 is 1.85 bits per heavy atom. The van der Waals surface area contributed by atoms with Gasteiger partial charge in [-0.3, -0.25) is 9.59 Å². The number of hydrogen-bond acceptors (Lipinski definition) is 4. The summed E-state index contributed by atoms with van der Waals surface area (Å²) in [4.78, 5) is 32.2. The molecule has 0 spiro atoms. The summed E-state index contributed by atoms with van der Waals surface area (Å²) in [5.41, 5.74) is 0.874. The molecule has 1 aromatic heterocycles. The summed E-state index contributed by atoms with van der Waals surface area (Å²) in [7, 11) is 0. The van der Waals surface area contributed by atoms with E-state index in [1.54, 1.807) is 18.3 Å². The lowest BCUT2D eigenvalue weighted by Gasteiger charge is -2.42. The van der Waals surface area contributed by atoms with Gasteiger partial charge in [-0.25, -0.2) is 0 Å². The average molecular weight is 367 g/mol. The summed E-state index contributed by atoms with van der Waals surface area (Å²) in [6.45, 7) is 3.91. The van der Waals surface area contributed by atoms with Gasteiger partial charge >= 0.3 is 0 Å². The maximum absolute atomic E-state index is 13.2. The molecule has 1 amide bonds. The van der Waals surface area contributed by atoms with Crippen LogP contribution in [0.15, 0.2) is 53.5 Å². The third-order valence-electron chi connectivity index (χ3n) is 5.44. The Balaban J connectivity index is 1.66. The van der Waals surface area contributed by atoms with Crippen molar-refractivity contribution in [2.75, 3.05) is 32.8 Å². The zero-order valence-electron chi connectivity index (χ0n) is 15.3. The minimum Gasteiger partial charge on any atom is -0.373 e. The fourth-order valence-electron chi connectivity index (χ4n) is 4.12. The van der Waals surface area contributed by atoms with Crippen LogP contribution >= 0.6 is 0 Å². The van der Waals surface area contributed by atoms with E-state index in [4.69, 9.17) is 4.74 Å². The molecule has 142 valence electrons. The Kier molecular flexibility index (Phi) is 5.36. The molecule has 2 saturated heterocycles. The number of carbonyl (C=O) groups is 1. The molecule has 6 heteroatoms. The van der Waals surface area contributed by atoms with Crippen molar-refractivity contribution in [3.05, 3.63) is 70.1 Å². The van der Waals surface area contributed by atoms with Gasteiger partial charge in [0.05, 0.1) is 18.8 Å². The monoisotopic (exact) mass is 367 g/mol. The van der Waals surface area contributed by atoms with E-state index in [2.05, 4.69) is 9.88 Å². The molecule has 27 heavy (non-hydrogen) atoms. The number of amides is 1. The van der Waals surface area contributed by atoms with Gasteiger partial charge in [-0.05, 0) is 43.6 Å². The number of aromatic nitrogens is 1. The normalized spacial score (nSPS) is 23.5. The first-order valence-electron chi connectivity index (χ1n) is 9.61. The highest BCUT2D eigenvalue weighted by atomic mass is 16.5. The standard InChI is InChI=1S/C21H25N3O3/c25-20-17(9-6-10-22-20)21(26)24-13-14-27-18(15-23-11-4-5-12-23)19(24)16-7-2-1-3-8-16/h1-3,6-10,18-19H,4-5,11-15H2,(H,22,25)/t18-,19-/m0/s1. The molecule has 2 aliphatic heterocycles. The molecule has 0 radical (unpaired) electrons. The molecule has 2 aliphatic rings. The van der Waals surface area contributed by atoms with Crippen molar-refractivity contribution >= 4 is 5.91 Å². The second kappa shape index (κ2) is 8.06. The molecule has 0 aliphatic carbocycles. The van der Waals surface area contributed by atoms with Crippen LogP contribution in [-0.4, -0.2) is 59.6 Å². The molecular formula is C21H25N3O3. The van der Waals surface area contributed by atoms with E-state index < -0.39 is 0 Å². The zero-order valence-corrected chi connectivity index (χ0v) is 15.3. The molecule has 1 aromatic carbocycles. The Hall–Kier alpha value is -2.44. The molecule has 2 atom stereocenters. The summed E-state index contributed by atoms with van der Waals surface area (Å²) >= 11 is 0. The Morgan fingerprint density at radius 3 is 2.59 bits per heavy atom. The first kappa shape index (κ1) is 17.9. The van der Waals surface area contributed by atoms with Crippen LogP contribution in [0, 0.1) is 0 Å². The van der Waals surface area contributed by atoms with Crippen molar-refractivity contribution in [1.82, 2.24) is 14.8 Å². The van der Waals surface area contributed by atoms with Crippen LogP contribution in [0.25, 0.3) is 0 Å². The minimum absolute atomic E-state index is 0.106. The molecule has 6 nitrogen and oxygen atoms in total. The van der Waals surface area contributed by atoms with Gasteiger partial charge in [0.1, 0.15) is 5.56 Å². The highest BCUT2D eigenvalue weighted by Crippen LogP contribution is 2.31. The number of ether oxygens (including phenoxy) is 1. The zero-order chi connectivity index (χ0) is 18.6. The van der Waals surface area contributed by atoms with Gasteiger partial charge < -0.3 is 19.5 Å². The van der Waals surface area contributed by atoms with Crippen LogP contribution in [0.4, 0.5) is 0 Å². The summed E-state index contributed by atoms with van der Waals surface area (Å²) in [6, 6.07) is 13.1. The van der Waals surface area contributed by atoms with Crippen LogP contribution in [-0.2, 0) is 4.74 Å². The molecule has 1 N–H and O–H groups in total.